The van der Waals surface area contributed by atoms with E-state index in [1.165, 1.54) is 16.7 Å². The quantitative estimate of drug-likeness (QED) is 0.292. The van der Waals surface area contributed by atoms with Crippen molar-refractivity contribution in [3.05, 3.63) is 94.2 Å². The van der Waals surface area contributed by atoms with Gasteiger partial charge in [-0.3, -0.25) is 0 Å². The lowest BCUT2D eigenvalue weighted by molar-refractivity contribution is 0.164. The molecule has 190 valence electrons. The maximum absolute atomic E-state index is 6.42. The van der Waals surface area contributed by atoms with Crippen molar-refractivity contribution in [1.82, 2.24) is 5.16 Å². The molecule has 0 saturated heterocycles. The Balaban J connectivity index is 1.61. The molecule has 0 bridgehead atoms. The smallest absolute Gasteiger partial charge is 0.235 e. The van der Waals surface area contributed by atoms with E-state index < -0.39 is 0 Å². The maximum Gasteiger partial charge on any atom is 0.235 e. The largest absolute Gasteiger partial charge is 0.495 e. The molecule has 5 nitrogen and oxygen atoms in total. The fraction of sp³-hybridized carbons (Fsp3) is 0.387. The van der Waals surface area contributed by atoms with Crippen LogP contribution in [-0.4, -0.2) is 18.3 Å². The number of ether oxygens (including phenoxy) is 2. The van der Waals surface area contributed by atoms with E-state index in [-0.39, 0.29) is 6.04 Å². The number of methoxy groups -OCH3 is 1. The molecule has 0 aliphatic carbocycles. The number of allylic oxidation sites excluding steroid dienone is 2. The molecule has 5 heteroatoms. The number of anilines is 1. The van der Waals surface area contributed by atoms with Gasteiger partial charge in [-0.1, -0.05) is 80.4 Å². The lowest BCUT2D eigenvalue weighted by atomic mass is 9.95. The molecule has 0 fully saturated rings. The van der Waals surface area contributed by atoms with Gasteiger partial charge in [0, 0.05) is 17.3 Å². The minimum atomic E-state index is -0.0706. The summed E-state index contributed by atoms with van der Waals surface area (Å²) in [6.07, 6.45) is 6.15. The lowest BCUT2D eigenvalue weighted by Crippen LogP contribution is -2.38. The molecule has 1 aromatic heterocycles. The molecule has 0 radical (unpaired) electrons. The predicted molar refractivity (Wildman–Crippen MR) is 146 cm³/mol. The van der Waals surface area contributed by atoms with Gasteiger partial charge in [-0.15, -0.1) is 0 Å². The monoisotopic (exact) mass is 486 g/mol. The fourth-order valence-corrected chi connectivity index (χ4v) is 4.90. The van der Waals surface area contributed by atoms with E-state index in [1.54, 1.807) is 7.11 Å². The van der Waals surface area contributed by atoms with Gasteiger partial charge in [-0.2, -0.15) is 0 Å². The minimum absolute atomic E-state index is 0.0706. The summed E-state index contributed by atoms with van der Waals surface area (Å²) in [4.78, 5) is 2.19. The second kappa shape index (κ2) is 11.5. The summed E-state index contributed by atoms with van der Waals surface area (Å²) in [7, 11) is 1.71. The van der Waals surface area contributed by atoms with Gasteiger partial charge >= 0.3 is 0 Å². The van der Waals surface area contributed by atoms with Crippen molar-refractivity contribution in [3.8, 4) is 11.1 Å². The molecule has 2 aromatic carbocycles. The van der Waals surface area contributed by atoms with Gasteiger partial charge in [0.15, 0.2) is 11.5 Å². The molecule has 0 amide bonds. The highest BCUT2D eigenvalue weighted by Crippen LogP contribution is 2.37. The Morgan fingerprint density at radius 3 is 2.39 bits per heavy atom. The molecule has 0 N–H and O–H groups in total. The van der Waals surface area contributed by atoms with Crippen LogP contribution >= 0.6 is 0 Å². The van der Waals surface area contributed by atoms with Gasteiger partial charge in [-0.25, -0.2) is 0 Å². The van der Waals surface area contributed by atoms with Crippen LogP contribution in [0.15, 0.2) is 76.3 Å². The van der Waals surface area contributed by atoms with E-state index in [4.69, 9.17) is 14.0 Å². The van der Waals surface area contributed by atoms with E-state index in [1.807, 2.05) is 13.8 Å². The number of benzene rings is 2. The Bertz CT molecular complexity index is 1240. The number of hydrogen-bond acceptors (Lipinski definition) is 5. The van der Waals surface area contributed by atoms with Gasteiger partial charge in [0.2, 0.25) is 5.88 Å². The maximum atomic E-state index is 6.42. The first kappa shape index (κ1) is 25.6. The average Bonchev–Trinajstić information content (AvgIpc) is 3.21. The Hall–Kier alpha value is -3.47. The van der Waals surface area contributed by atoms with Crippen LogP contribution in [0, 0.1) is 13.8 Å². The first-order valence-corrected chi connectivity index (χ1v) is 13.0. The number of nitrogens with zero attached hydrogens (tertiary/aromatic N) is 2. The summed E-state index contributed by atoms with van der Waals surface area (Å²) in [5.41, 5.74) is 8.15. The average molecular weight is 487 g/mol. The number of hydrogen-bond donors (Lipinski definition) is 0. The highest BCUT2D eigenvalue weighted by atomic mass is 16.5. The molecule has 1 aliphatic rings. The van der Waals surface area contributed by atoms with Crippen LogP contribution in [0.4, 0.5) is 5.88 Å². The number of rotatable bonds is 10. The zero-order valence-corrected chi connectivity index (χ0v) is 22.4. The van der Waals surface area contributed by atoms with Crippen LogP contribution in [0.3, 0.4) is 0 Å². The van der Waals surface area contributed by atoms with Crippen molar-refractivity contribution >= 4 is 5.88 Å². The molecule has 1 atom stereocenters. The van der Waals surface area contributed by atoms with Crippen molar-refractivity contribution in [3.63, 3.8) is 0 Å². The van der Waals surface area contributed by atoms with Crippen LogP contribution in [0.2, 0.25) is 0 Å². The summed E-state index contributed by atoms with van der Waals surface area (Å²) in [5.74, 6) is 2.34. The van der Waals surface area contributed by atoms with Crippen molar-refractivity contribution < 1.29 is 14.0 Å². The SMILES string of the molecule is CCCC1=CC(OCc2ccc(-c3ccccc3)c(CCC)c2)=C(OC)C(C)N1c1onc(C)c1C. The van der Waals surface area contributed by atoms with Gasteiger partial charge < -0.3 is 18.9 Å². The third-order valence-electron chi connectivity index (χ3n) is 6.86. The molecule has 0 saturated carbocycles. The molecule has 2 heterocycles. The van der Waals surface area contributed by atoms with E-state index in [0.717, 1.165) is 65.6 Å². The zero-order valence-electron chi connectivity index (χ0n) is 22.4. The van der Waals surface area contributed by atoms with Crippen LogP contribution in [0.25, 0.3) is 11.1 Å². The third-order valence-corrected chi connectivity index (χ3v) is 6.86. The van der Waals surface area contributed by atoms with E-state index in [9.17, 15) is 0 Å². The zero-order chi connectivity index (χ0) is 25.7. The second-order valence-electron chi connectivity index (χ2n) is 9.46. The van der Waals surface area contributed by atoms with Gasteiger partial charge in [0.1, 0.15) is 6.61 Å². The number of aromatic nitrogens is 1. The topological polar surface area (TPSA) is 47.7 Å². The minimum Gasteiger partial charge on any atom is -0.495 e. The Labute approximate surface area is 215 Å². The normalized spacial score (nSPS) is 15.8. The van der Waals surface area contributed by atoms with E-state index >= 15 is 0 Å². The Morgan fingerprint density at radius 2 is 1.75 bits per heavy atom. The third kappa shape index (κ3) is 5.20. The summed E-state index contributed by atoms with van der Waals surface area (Å²) in [6, 6.07) is 17.2. The predicted octanol–water partition coefficient (Wildman–Crippen LogP) is 7.88. The van der Waals surface area contributed by atoms with Gasteiger partial charge in [-0.05, 0) is 55.9 Å². The molecule has 3 aromatic rings. The molecule has 1 unspecified atom stereocenters. The molecule has 0 spiro atoms. The second-order valence-corrected chi connectivity index (χ2v) is 9.46. The van der Waals surface area contributed by atoms with Gasteiger partial charge in [0.05, 0.1) is 18.8 Å². The summed E-state index contributed by atoms with van der Waals surface area (Å²) in [6.45, 7) is 11.0. The summed E-state index contributed by atoms with van der Waals surface area (Å²) in [5, 5.41) is 4.19. The Kier molecular flexibility index (Phi) is 8.19. The fourth-order valence-electron chi connectivity index (χ4n) is 4.90. The van der Waals surface area contributed by atoms with Crippen LogP contribution in [0.1, 0.15) is 62.4 Å². The number of aryl methyl sites for hydroxylation is 2. The van der Waals surface area contributed by atoms with Gasteiger partial charge in [0.25, 0.3) is 0 Å². The first-order valence-electron chi connectivity index (χ1n) is 13.0. The van der Waals surface area contributed by atoms with Crippen molar-refractivity contribution in [2.24, 2.45) is 0 Å². The molecular formula is C31H38N2O3. The van der Waals surface area contributed by atoms with Crippen molar-refractivity contribution in [2.45, 2.75) is 73.0 Å². The molecule has 1 aliphatic heterocycles. The highest BCUT2D eigenvalue weighted by Gasteiger charge is 2.33. The lowest BCUT2D eigenvalue weighted by Gasteiger charge is -2.36. The molecule has 36 heavy (non-hydrogen) atoms. The van der Waals surface area contributed by atoms with E-state index in [0.29, 0.717) is 6.61 Å². The molecule has 4 rings (SSSR count). The highest BCUT2D eigenvalue weighted by molar-refractivity contribution is 5.68. The van der Waals surface area contributed by atoms with Crippen LogP contribution < -0.4 is 4.90 Å². The first-order chi connectivity index (χ1) is 17.5. The van der Waals surface area contributed by atoms with E-state index in [2.05, 4.69) is 85.4 Å². The molecular weight excluding hydrogens is 448 g/mol. The standard InChI is InChI=1S/C31H38N2O3/c1-7-12-26-18-24(16-17-28(26)25-14-10-9-11-15-25)20-35-29-19-27(13-8-2)33(23(5)30(29)34-6)31-21(3)22(4)32-36-31/h9-11,14-19,23H,7-8,12-13,20H2,1-6H3. The van der Waals surface area contributed by atoms with Crippen molar-refractivity contribution in [2.75, 3.05) is 12.0 Å². The summed E-state index contributed by atoms with van der Waals surface area (Å²) >= 11 is 0. The Morgan fingerprint density at radius 1 is 1.00 bits per heavy atom. The van der Waals surface area contributed by atoms with Crippen LogP contribution in [0.5, 0.6) is 0 Å². The van der Waals surface area contributed by atoms with Crippen molar-refractivity contribution in [1.29, 1.82) is 0 Å². The summed E-state index contributed by atoms with van der Waals surface area (Å²) < 4.78 is 18.0. The van der Waals surface area contributed by atoms with Crippen LogP contribution in [-0.2, 0) is 22.5 Å².